The summed E-state index contributed by atoms with van der Waals surface area (Å²) in [6.45, 7) is 4.32. The second kappa shape index (κ2) is 8.92. The molecule has 0 atom stereocenters. The van der Waals surface area contributed by atoms with E-state index in [1.807, 2.05) is 78.9 Å². The number of amides is 2. The van der Waals surface area contributed by atoms with Crippen LogP contribution in [-0.2, 0) is 14.4 Å². The summed E-state index contributed by atoms with van der Waals surface area (Å²) in [5.74, 6) is -0.640. The molecule has 0 aliphatic carbocycles. The highest BCUT2D eigenvalue weighted by Crippen LogP contribution is 2.59. The number of nitrogens with zero attached hydrogens (tertiary/aromatic N) is 2. The molecule has 0 saturated carbocycles. The summed E-state index contributed by atoms with van der Waals surface area (Å²) in [6, 6.07) is 24.3. The third-order valence-electron chi connectivity index (χ3n) is 5.73. The van der Waals surface area contributed by atoms with Crippen molar-refractivity contribution in [3.05, 3.63) is 78.9 Å². The van der Waals surface area contributed by atoms with E-state index in [2.05, 4.69) is 0 Å². The first-order valence-corrected chi connectivity index (χ1v) is 11.9. The minimum atomic E-state index is -0.502. The maximum absolute atomic E-state index is 13.2. The largest absolute Gasteiger partial charge is 0.424 e. The molecule has 1 heterocycles. The van der Waals surface area contributed by atoms with Crippen LogP contribution in [-0.4, -0.2) is 17.8 Å². The van der Waals surface area contributed by atoms with Gasteiger partial charge >= 0.3 is 5.97 Å². The molecule has 174 valence electrons. The molecule has 1 aliphatic heterocycles. The highest BCUT2D eigenvalue weighted by molar-refractivity contribution is 8.00. The van der Waals surface area contributed by atoms with Crippen LogP contribution in [0.15, 0.2) is 88.7 Å². The van der Waals surface area contributed by atoms with Crippen molar-refractivity contribution in [2.75, 3.05) is 9.80 Å². The van der Waals surface area contributed by atoms with E-state index in [1.165, 1.54) is 32.5 Å². The predicted octanol–water partition coefficient (Wildman–Crippen LogP) is 6.60. The van der Waals surface area contributed by atoms with Gasteiger partial charge < -0.3 is 4.74 Å². The number of anilines is 4. The molecule has 0 unspecified atom stereocenters. The molecule has 2 amide bonds. The summed E-state index contributed by atoms with van der Waals surface area (Å²) < 4.78 is 5.81. The standard InChI is InChI=1S/C28H22N2O4S/c1-17(31)29(20-11-5-4-6-12-20)26-27(34-19(3)33)22-14-8-7-13-21(22)25-28(26)35-24-16-10-9-15-23(24)30(25)18(2)32/h4-16H,1-3H3. The number of benzene rings is 4. The van der Waals surface area contributed by atoms with E-state index >= 15 is 0 Å². The Bertz CT molecular complexity index is 1500. The van der Waals surface area contributed by atoms with Crippen LogP contribution in [0.4, 0.5) is 22.7 Å². The summed E-state index contributed by atoms with van der Waals surface area (Å²) in [5.41, 5.74) is 2.48. The number of carbonyl (C=O) groups is 3. The average Bonchev–Trinajstić information content (AvgIpc) is 2.84. The number of rotatable bonds is 3. The number of fused-ring (bicyclic) bond motifs is 4. The van der Waals surface area contributed by atoms with Crippen LogP contribution >= 0.6 is 11.8 Å². The molecule has 0 N–H and O–H groups in total. The summed E-state index contributed by atoms with van der Waals surface area (Å²) in [5, 5.41) is 1.38. The lowest BCUT2D eigenvalue weighted by molar-refractivity contribution is -0.131. The SMILES string of the molecule is CC(=O)Oc1c(N(C(C)=O)c2ccccc2)c2c(c3ccccc13)N(C(C)=O)c1ccccc1S2. The molecule has 1 aliphatic rings. The number of carbonyl (C=O) groups excluding carboxylic acids is 3. The van der Waals surface area contributed by atoms with Gasteiger partial charge in [-0.05, 0) is 24.3 Å². The minimum absolute atomic E-state index is 0.163. The molecule has 0 radical (unpaired) electrons. The third-order valence-corrected chi connectivity index (χ3v) is 6.88. The Labute approximate surface area is 207 Å². The van der Waals surface area contributed by atoms with Gasteiger partial charge in [-0.25, -0.2) is 0 Å². The van der Waals surface area contributed by atoms with Gasteiger partial charge in [-0.1, -0.05) is 66.4 Å². The van der Waals surface area contributed by atoms with Crippen LogP contribution in [0.25, 0.3) is 10.8 Å². The van der Waals surface area contributed by atoms with E-state index in [4.69, 9.17) is 4.74 Å². The van der Waals surface area contributed by atoms with Crippen molar-refractivity contribution >= 4 is 63.1 Å². The smallest absolute Gasteiger partial charge is 0.308 e. The Morgan fingerprint density at radius 3 is 2.09 bits per heavy atom. The maximum atomic E-state index is 13.2. The topological polar surface area (TPSA) is 66.9 Å². The van der Waals surface area contributed by atoms with Gasteiger partial charge in [-0.3, -0.25) is 24.2 Å². The first kappa shape index (κ1) is 22.7. The van der Waals surface area contributed by atoms with E-state index in [1.54, 1.807) is 9.80 Å². The third kappa shape index (κ3) is 3.84. The van der Waals surface area contributed by atoms with Crippen LogP contribution in [0, 0.1) is 0 Å². The number of hydrogen-bond donors (Lipinski definition) is 0. The van der Waals surface area contributed by atoms with Crippen LogP contribution in [0.5, 0.6) is 5.75 Å². The lowest BCUT2D eigenvalue weighted by atomic mass is 10.0. The van der Waals surface area contributed by atoms with E-state index in [-0.39, 0.29) is 17.6 Å². The van der Waals surface area contributed by atoms with Crippen LogP contribution in [0.2, 0.25) is 0 Å². The Morgan fingerprint density at radius 1 is 0.800 bits per heavy atom. The Balaban J connectivity index is 1.96. The Kier molecular flexibility index (Phi) is 5.78. The lowest BCUT2D eigenvalue weighted by Crippen LogP contribution is -2.29. The highest BCUT2D eigenvalue weighted by Gasteiger charge is 2.36. The molecule has 6 nitrogen and oxygen atoms in total. The fourth-order valence-corrected chi connectivity index (χ4v) is 5.66. The average molecular weight is 483 g/mol. The Morgan fingerprint density at radius 2 is 1.43 bits per heavy atom. The number of esters is 1. The number of ether oxygens (including phenoxy) is 1. The highest BCUT2D eigenvalue weighted by atomic mass is 32.2. The van der Waals surface area contributed by atoms with Gasteiger partial charge in [0, 0.05) is 42.1 Å². The van der Waals surface area contributed by atoms with Crippen molar-refractivity contribution < 1.29 is 19.1 Å². The zero-order valence-corrected chi connectivity index (χ0v) is 20.3. The van der Waals surface area contributed by atoms with Gasteiger partial charge in [0.15, 0.2) is 5.75 Å². The van der Waals surface area contributed by atoms with E-state index in [0.717, 1.165) is 16.0 Å². The number of para-hydroxylation sites is 2. The summed E-state index contributed by atoms with van der Waals surface area (Å²) in [4.78, 5) is 43.2. The van der Waals surface area contributed by atoms with Crippen LogP contribution in [0.1, 0.15) is 20.8 Å². The maximum Gasteiger partial charge on any atom is 0.308 e. The van der Waals surface area contributed by atoms with Crippen molar-refractivity contribution in [1.82, 2.24) is 0 Å². The summed E-state index contributed by atoms with van der Waals surface area (Å²) in [7, 11) is 0. The normalized spacial score (nSPS) is 12.0. The second-order valence-electron chi connectivity index (χ2n) is 8.11. The van der Waals surface area contributed by atoms with Crippen molar-refractivity contribution in [3.8, 4) is 5.75 Å². The monoisotopic (exact) mass is 482 g/mol. The first-order chi connectivity index (χ1) is 16.9. The van der Waals surface area contributed by atoms with Gasteiger partial charge in [0.25, 0.3) is 0 Å². The predicted molar refractivity (Wildman–Crippen MR) is 138 cm³/mol. The molecule has 0 fully saturated rings. The molecule has 0 saturated heterocycles. The molecule has 4 aromatic carbocycles. The molecular weight excluding hydrogens is 460 g/mol. The zero-order valence-electron chi connectivity index (χ0n) is 19.4. The number of hydrogen-bond acceptors (Lipinski definition) is 5. The molecular formula is C28H22N2O4S. The van der Waals surface area contributed by atoms with Gasteiger partial charge in [0.05, 0.1) is 16.3 Å². The van der Waals surface area contributed by atoms with Crippen LogP contribution < -0.4 is 14.5 Å². The molecule has 5 rings (SSSR count). The van der Waals surface area contributed by atoms with Gasteiger partial charge in [0.1, 0.15) is 5.69 Å². The first-order valence-electron chi connectivity index (χ1n) is 11.1. The lowest BCUT2D eigenvalue weighted by Gasteiger charge is -2.36. The molecule has 4 aromatic rings. The van der Waals surface area contributed by atoms with E-state index in [9.17, 15) is 14.4 Å². The molecule has 0 aromatic heterocycles. The molecule has 0 bridgehead atoms. The zero-order chi connectivity index (χ0) is 24.7. The molecule has 0 spiro atoms. The van der Waals surface area contributed by atoms with Crippen LogP contribution in [0.3, 0.4) is 0 Å². The van der Waals surface area contributed by atoms with E-state index in [0.29, 0.717) is 27.3 Å². The fourth-order valence-electron chi connectivity index (χ4n) is 4.45. The van der Waals surface area contributed by atoms with Gasteiger partial charge in [-0.15, -0.1) is 0 Å². The van der Waals surface area contributed by atoms with Crippen molar-refractivity contribution in [3.63, 3.8) is 0 Å². The van der Waals surface area contributed by atoms with Gasteiger partial charge in [-0.2, -0.15) is 0 Å². The summed E-state index contributed by atoms with van der Waals surface area (Å²) >= 11 is 1.45. The van der Waals surface area contributed by atoms with E-state index < -0.39 is 5.97 Å². The van der Waals surface area contributed by atoms with Crippen molar-refractivity contribution in [1.29, 1.82) is 0 Å². The minimum Gasteiger partial charge on any atom is -0.424 e. The quantitative estimate of drug-likeness (QED) is 0.243. The van der Waals surface area contributed by atoms with Crippen molar-refractivity contribution in [2.45, 2.75) is 30.6 Å². The molecule has 35 heavy (non-hydrogen) atoms. The molecule has 7 heteroatoms. The van der Waals surface area contributed by atoms with Crippen molar-refractivity contribution in [2.24, 2.45) is 0 Å². The summed E-state index contributed by atoms with van der Waals surface area (Å²) in [6.07, 6.45) is 0. The second-order valence-corrected chi connectivity index (χ2v) is 9.16. The fraction of sp³-hybridized carbons (Fsp3) is 0.107. The Hall–Kier alpha value is -4.10. The van der Waals surface area contributed by atoms with Gasteiger partial charge in [0.2, 0.25) is 11.8 Å².